The average Bonchev–Trinajstić information content (AvgIpc) is 3.33. The lowest BCUT2D eigenvalue weighted by Crippen LogP contribution is -2.50. The number of methoxy groups -OCH3 is 1. The van der Waals surface area contributed by atoms with Crippen molar-refractivity contribution in [2.45, 2.75) is 0 Å². The summed E-state index contributed by atoms with van der Waals surface area (Å²) in [7, 11) is 1.62. The number of rotatable bonds is 4. The zero-order chi connectivity index (χ0) is 20.2. The third-order valence-corrected chi connectivity index (χ3v) is 5.12. The summed E-state index contributed by atoms with van der Waals surface area (Å²) in [5.74, 6) is 0.863. The lowest BCUT2D eigenvalue weighted by Gasteiger charge is -2.34. The first-order chi connectivity index (χ1) is 14.2. The minimum absolute atomic E-state index is 0.0464. The number of piperazine rings is 1. The zero-order valence-corrected chi connectivity index (χ0v) is 16.2. The topological polar surface area (TPSA) is 63.0 Å². The van der Waals surface area contributed by atoms with E-state index in [-0.39, 0.29) is 11.8 Å². The maximum absolute atomic E-state index is 13.1. The Bertz CT molecular complexity index is 991. The van der Waals surface area contributed by atoms with Gasteiger partial charge in [0.25, 0.3) is 11.8 Å². The Morgan fingerprint density at radius 3 is 2.17 bits per heavy atom. The number of hydrogen-bond acceptors (Lipinski definition) is 4. The normalized spacial score (nSPS) is 14.0. The molecule has 1 saturated heterocycles. The molecule has 1 aromatic heterocycles. The van der Waals surface area contributed by atoms with E-state index in [0.717, 1.165) is 16.9 Å². The number of amides is 2. The van der Waals surface area contributed by atoms with Crippen LogP contribution in [0.3, 0.4) is 0 Å². The Morgan fingerprint density at radius 1 is 0.862 bits per heavy atom. The van der Waals surface area contributed by atoms with Crippen LogP contribution < -0.4 is 4.74 Å². The Kier molecular flexibility index (Phi) is 5.33. The third-order valence-electron chi connectivity index (χ3n) is 5.12. The summed E-state index contributed by atoms with van der Waals surface area (Å²) >= 11 is 0. The van der Waals surface area contributed by atoms with Gasteiger partial charge >= 0.3 is 0 Å². The lowest BCUT2D eigenvalue weighted by atomic mass is 10.0. The predicted molar refractivity (Wildman–Crippen MR) is 109 cm³/mol. The van der Waals surface area contributed by atoms with E-state index in [1.807, 2.05) is 42.5 Å². The van der Waals surface area contributed by atoms with Crippen molar-refractivity contribution in [1.29, 1.82) is 0 Å². The number of carbonyl (C=O) groups excluding carboxylic acids is 2. The number of hydrogen-bond donors (Lipinski definition) is 0. The molecule has 0 unspecified atom stereocenters. The number of nitrogens with zero attached hydrogens (tertiary/aromatic N) is 2. The predicted octanol–water partition coefficient (Wildman–Crippen LogP) is 3.55. The van der Waals surface area contributed by atoms with E-state index in [0.29, 0.717) is 37.5 Å². The standard InChI is InChI=1S/C23H22N2O4/c1-28-20-10-9-18(16-19(20)17-6-3-2-4-7-17)22(26)24-11-13-25(14-12-24)23(27)21-8-5-15-29-21/h2-10,15-16H,11-14H2,1H3. The highest BCUT2D eigenvalue weighted by Gasteiger charge is 2.27. The molecule has 0 bridgehead atoms. The fourth-order valence-corrected chi connectivity index (χ4v) is 3.54. The first-order valence-electron chi connectivity index (χ1n) is 9.53. The molecule has 6 heteroatoms. The number of carbonyl (C=O) groups is 2. The van der Waals surface area contributed by atoms with E-state index in [1.165, 1.54) is 6.26 Å². The Balaban J connectivity index is 1.48. The van der Waals surface area contributed by atoms with Gasteiger partial charge in [-0.2, -0.15) is 0 Å². The molecular weight excluding hydrogens is 368 g/mol. The minimum atomic E-state index is -0.141. The van der Waals surface area contributed by atoms with Crippen molar-refractivity contribution in [2.75, 3.05) is 33.3 Å². The van der Waals surface area contributed by atoms with Crippen molar-refractivity contribution >= 4 is 11.8 Å². The first kappa shape index (κ1) is 18.8. The van der Waals surface area contributed by atoms with E-state index in [4.69, 9.17) is 9.15 Å². The molecule has 0 saturated carbocycles. The molecule has 3 aromatic rings. The molecule has 2 heterocycles. The van der Waals surface area contributed by atoms with Crippen LogP contribution in [-0.2, 0) is 0 Å². The quantitative estimate of drug-likeness (QED) is 0.683. The molecule has 0 N–H and O–H groups in total. The maximum Gasteiger partial charge on any atom is 0.289 e. The molecule has 1 aliphatic heterocycles. The molecule has 148 valence electrons. The van der Waals surface area contributed by atoms with Crippen LogP contribution in [0.4, 0.5) is 0 Å². The van der Waals surface area contributed by atoms with Crippen LogP contribution in [0.2, 0.25) is 0 Å². The molecule has 2 amide bonds. The number of benzene rings is 2. The summed E-state index contributed by atoms with van der Waals surface area (Å²) in [6.45, 7) is 1.93. The molecule has 1 aliphatic rings. The molecule has 6 nitrogen and oxygen atoms in total. The monoisotopic (exact) mass is 390 g/mol. The first-order valence-corrected chi connectivity index (χ1v) is 9.53. The van der Waals surface area contributed by atoms with Crippen LogP contribution in [0, 0.1) is 0 Å². The highest BCUT2D eigenvalue weighted by atomic mass is 16.5. The highest BCUT2D eigenvalue weighted by molar-refractivity contribution is 5.96. The van der Waals surface area contributed by atoms with Crippen molar-refractivity contribution in [3.63, 3.8) is 0 Å². The molecule has 29 heavy (non-hydrogen) atoms. The smallest absolute Gasteiger partial charge is 0.289 e. The van der Waals surface area contributed by atoms with Gasteiger partial charge in [0.05, 0.1) is 13.4 Å². The molecule has 4 rings (SSSR count). The van der Waals surface area contributed by atoms with Crippen LogP contribution in [-0.4, -0.2) is 54.9 Å². The van der Waals surface area contributed by atoms with Gasteiger partial charge in [-0.05, 0) is 35.9 Å². The van der Waals surface area contributed by atoms with Crippen molar-refractivity contribution in [1.82, 2.24) is 9.80 Å². The fraction of sp³-hybridized carbons (Fsp3) is 0.217. The van der Waals surface area contributed by atoms with Crippen molar-refractivity contribution in [3.8, 4) is 16.9 Å². The van der Waals surface area contributed by atoms with Gasteiger partial charge in [0.2, 0.25) is 0 Å². The van der Waals surface area contributed by atoms with Gasteiger partial charge < -0.3 is 19.0 Å². The van der Waals surface area contributed by atoms with Gasteiger partial charge in [-0.25, -0.2) is 0 Å². The van der Waals surface area contributed by atoms with E-state index < -0.39 is 0 Å². The second kappa shape index (κ2) is 8.22. The summed E-state index contributed by atoms with van der Waals surface area (Å²) in [6, 6.07) is 18.7. The van der Waals surface area contributed by atoms with Crippen molar-refractivity contribution in [3.05, 3.63) is 78.3 Å². The van der Waals surface area contributed by atoms with Gasteiger partial charge in [0.1, 0.15) is 5.75 Å². The summed E-state index contributed by atoms with van der Waals surface area (Å²) < 4.78 is 10.7. The summed E-state index contributed by atoms with van der Waals surface area (Å²) in [5.41, 5.74) is 2.48. The van der Waals surface area contributed by atoms with Crippen molar-refractivity contribution in [2.24, 2.45) is 0 Å². The summed E-state index contributed by atoms with van der Waals surface area (Å²) in [4.78, 5) is 28.9. The summed E-state index contributed by atoms with van der Waals surface area (Å²) in [5, 5.41) is 0. The van der Waals surface area contributed by atoms with Gasteiger partial charge in [-0.3, -0.25) is 9.59 Å². The molecule has 0 atom stereocenters. The fourth-order valence-electron chi connectivity index (χ4n) is 3.54. The van der Waals surface area contributed by atoms with Crippen LogP contribution in [0.5, 0.6) is 5.75 Å². The molecule has 1 fully saturated rings. The second-order valence-corrected chi connectivity index (χ2v) is 6.84. The Morgan fingerprint density at radius 2 is 1.55 bits per heavy atom. The van der Waals surface area contributed by atoms with Crippen LogP contribution in [0.25, 0.3) is 11.1 Å². The van der Waals surface area contributed by atoms with Crippen molar-refractivity contribution < 1.29 is 18.7 Å². The second-order valence-electron chi connectivity index (χ2n) is 6.84. The minimum Gasteiger partial charge on any atom is -0.496 e. The molecule has 2 aromatic carbocycles. The zero-order valence-electron chi connectivity index (χ0n) is 16.2. The maximum atomic E-state index is 13.1. The van der Waals surface area contributed by atoms with Gasteiger partial charge in [-0.1, -0.05) is 30.3 Å². The van der Waals surface area contributed by atoms with E-state index in [1.54, 1.807) is 35.1 Å². The Hall–Kier alpha value is -3.54. The molecule has 0 aliphatic carbocycles. The van der Waals surface area contributed by atoms with E-state index in [2.05, 4.69) is 0 Å². The van der Waals surface area contributed by atoms with Crippen LogP contribution in [0.1, 0.15) is 20.9 Å². The van der Waals surface area contributed by atoms with E-state index >= 15 is 0 Å². The third kappa shape index (κ3) is 3.87. The SMILES string of the molecule is COc1ccc(C(=O)N2CCN(C(=O)c3ccco3)CC2)cc1-c1ccccc1. The highest BCUT2D eigenvalue weighted by Crippen LogP contribution is 2.31. The van der Waals surface area contributed by atoms with Gasteiger partial charge in [-0.15, -0.1) is 0 Å². The van der Waals surface area contributed by atoms with Crippen LogP contribution >= 0.6 is 0 Å². The summed E-state index contributed by atoms with van der Waals surface area (Å²) in [6.07, 6.45) is 1.49. The number of ether oxygens (including phenoxy) is 1. The average molecular weight is 390 g/mol. The Labute approximate surface area is 169 Å². The van der Waals surface area contributed by atoms with Gasteiger partial charge in [0, 0.05) is 37.3 Å². The molecule has 0 radical (unpaired) electrons. The van der Waals surface area contributed by atoms with Gasteiger partial charge in [0.15, 0.2) is 5.76 Å². The van der Waals surface area contributed by atoms with Crippen LogP contribution in [0.15, 0.2) is 71.3 Å². The number of furan rings is 1. The lowest BCUT2D eigenvalue weighted by molar-refractivity contribution is 0.0518. The largest absolute Gasteiger partial charge is 0.496 e. The molecular formula is C23H22N2O4. The molecule has 0 spiro atoms. The van der Waals surface area contributed by atoms with E-state index in [9.17, 15) is 9.59 Å².